The first kappa shape index (κ1) is 12.7. The molecule has 16 heavy (non-hydrogen) atoms. The van der Waals surface area contributed by atoms with Gasteiger partial charge in [0.1, 0.15) is 6.10 Å². The van der Waals surface area contributed by atoms with Crippen LogP contribution in [0.2, 0.25) is 0 Å². The van der Waals surface area contributed by atoms with Crippen LogP contribution < -0.4 is 0 Å². The van der Waals surface area contributed by atoms with Crippen LogP contribution in [0.3, 0.4) is 0 Å². The van der Waals surface area contributed by atoms with Gasteiger partial charge in [-0.25, -0.2) is 0 Å². The molecule has 0 radical (unpaired) electrons. The summed E-state index contributed by atoms with van der Waals surface area (Å²) in [6.45, 7) is 1.42. The average molecular weight is 224 g/mol. The monoisotopic (exact) mass is 224 g/mol. The van der Waals surface area contributed by atoms with Gasteiger partial charge in [0.25, 0.3) is 0 Å². The minimum Gasteiger partial charge on any atom is -0.466 e. The van der Waals surface area contributed by atoms with E-state index in [1.807, 2.05) is 6.07 Å². The van der Waals surface area contributed by atoms with Crippen LogP contribution in [-0.4, -0.2) is 28.9 Å². The number of ether oxygens (including phenoxy) is 1. The molecule has 0 aliphatic heterocycles. The van der Waals surface area contributed by atoms with Gasteiger partial charge in [0.15, 0.2) is 0 Å². The summed E-state index contributed by atoms with van der Waals surface area (Å²) in [7, 11) is 0. The molecule has 1 aromatic rings. The minimum atomic E-state index is -0.947. The molecule has 0 saturated carbocycles. The van der Waals surface area contributed by atoms with Crippen molar-refractivity contribution in [3.8, 4) is 0 Å². The van der Waals surface area contributed by atoms with E-state index in [1.165, 1.54) is 6.92 Å². The average Bonchev–Trinajstić information content (AvgIpc) is 2.28. The fourth-order valence-corrected chi connectivity index (χ4v) is 1.35. The van der Waals surface area contributed by atoms with Crippen molar-refractivity contribution in [2.45, 2.75) is 25.6 Å². The fraction of sp³-hybridized carbons (Fsp3) is 0.417. The van der Waals surface area contributed by atoms with E-state index in [4.69, 9.17) is 0 Å². The summed E-state index contributed by atoms with van der Waals surface area (Å²) in [5, 5.41) is 19.4. The van der Waals surface area contributed by atoms with Crippen LogP contribution in [0, 0.1) is 0 Å². The molecular formula is C12H16O4. The molecule has 0 bridgehead atoms. The topological polar surface area (TPSA) is 66.8 Å². The van der Waals surface area contributed by atoms with Crippen molar-refractivity contribution in [3.05, 3.63) is 35.9 Å². The van der Waals surface area contributed by atoms with Crippen LogP contribution in [-0.2, 0) is 9.53 Å². The molecule has 2 N–H and O–H groups in total. The zero-order valence-electron chi connectivity index (χ0n) is 9.17. The Labute approximate surface area is 94.5 Å². The first-order chi connectivity index (χ1) is 7.61. The summed E-state index contributed by atoms with van der Waals surface area (Å²) in [6.07, 6.45) is -1.66. The maximum Gasteiger partial charge on any atom is 0.302 e. The first-order valence-corrected chi connectivity index (χ1v) is 5.15. The van der Waals surface area contributed by atoms with E-state index in [-0.39, 0.29) is 19.0 Å². The van der Waals surface area contributed by atoms with Crippen molar-refractivity contribution in [3.63, 3.8) is 0 Å². The summed E-state index contributed by atoms with van der Waals surface area (Å²) < 4.78 is 4.69. The number of benzene rings is 1. The van der Waals surface area contributed by atoms with E-state index in [0.717, 1.165) is 0 Å². The molecule has 1 aromatic carbocycles. The van der Waals surface area contributed by atoms with E-state index in [1.54, 1.807) is 24.3 Å². The number of rotatable bonds is 5. The zero-order valence-corrected chi connectivity index (χ0v) is 9.17. The largest absolute Gasteiger partial charge is 0.466 e. The van der Waals surface area contributed by atoms with Gasteiger partial charge in [-0.15, -0.1) is 0 Å². The van der Waals surface area contributed by atoms with Gasteiger partial charge in [-0.2, -0.15) is 0 Å². The summed E-state index contributed by atoms with van der Waals surface area (Å²) in [5.41, 5.74) is 0.651. The fourth-order valence-electron chi connectivity index (χ4n) is 1.35. The predicted octanol–water partition coefficient (Wildman–Crippen LogP) is 1.03. The van der Waals surface area contributed by atoms with E-state index >= 15 is 0 Å². The molecule has 2 atom stereocenters. The number of carbonyl (C=O) groups is 1. The second kappa shape index (κ2) is 6.25. The molecule has 4 heteroatoms. The normalized spacial score (nSPS) is 14.2. The quantitative estimate of drug-likeness (QED) is 0.733. The van der Waals surface area contributed by atoms with Gasteiger partial charge in [0.2, 0.25) is 0 Å². The number of carbonyl (C=O) groups excluding carboxylic acids is 1. The maximum atomic E-state index is 10.5. The number of hydrogen-bond donors (Lipinski definition) is 2. The predicted molar refractivity (Wildman–Crippen MR) is 58.7 cm³/mol. The lowest BCUT2D eigenvalue weighted by molar-refractivity contribution is -0.142. The highest BCUT2D eigenvalue weighted by Gasteiger charge is 2.17. The van der Waals surface area contributed by atoms with Crippen molar-refractivity contribution < 1.29 is 19.7 Å². The molecule has 0 spiro atoms. The van der Waals surface area contributed by atoms with E-state index < -0.39 is 12.2 Å². The van der Waals surface area contributed by atoms with Crippen molar-refractivity contribution in [1.82, 2.24) is 0 Å². The van der Waals surface area contributed by atoms with E-state index in [0.29, 0.717) is 5.56 Å². The number of aliphatic hydroxyl groups excluding tert-OH is 2. The Hall–Kier alpha value is -1.39. The molecule has 0 amide bonds. The van der Waals surface area contributed by atoms with Crippen molar-refractivity contribution in [2.24, 2.45) is 0 Å². The standard InChI is InChI=1S/C12H16O4/c1-9(13)16-8-7-11(14)12(15)10-5-3-2-4-6-10/h2-6,11-12,14-15H,7-8H2,1H3. The van der Waals surface area contributed by atoms with Gasteiger partial charge in [-0.05, 0) is 5.56 Å². The van der Waals surface area contributed by atoms with Crippen LogP contribution in [0.5, 0.6) is 0 Å². The number of hydrogen-bond acceptors (Lipinski definition) is 4. The SMILES string of the molecule is CC(=O)OCCC(O)C(O)c1ccccc1. The molecule has 0 aliphatic carbocycles. The Morgan fingerprint density at radius 1 is 1.31 bits per heavy atom. The van der Waals surface area contributed by atoms with Crippen molar-refractivity contribution in [1.29, 1.82) is 0 Å². The van der Waals surface area contributed by atoms with Crippen molar-refractivity contribution >= 4 is 5.97 Å². The third-order valence-electron chi connectivity index (χ3n) is 2.22. The molecule has 0 saturated heterocycles. The Kier molecular flexibility index (Phi) is 4.95. The summed E-state index contributed by atoms with van der Waals surface area (Å²) >= 11 is 0. The smallest absolute Gasteiger partial charge is 0.302 e. The lowest BCUT2D eigenvalue weighted by Crippen LogP contribution is -2.20. The van der Waals surface area contributed by atoms with E-state index in [2.05, 4.69) is 4.74 Å². The summed E-state index contributed by atoms with van der Waals surface area (Å²) in [5.74, 6) is -0.388. The zero-order chi connectivity index (χ0) is 12.0. The van der Waals surface area contributed by atoms with Gasteiger partial charge >= 0.3 is 5.97 Å². The third kappa shape index (κ3) is 4.00. The Morgan fingerprint density at radius 2 is 1.94 bits per heavy atom. The van der Waals surface area contributed by atoms with Crippen LogP contribution in [0.4, 0.5) is 0 Å². The van der Waals surface area contributed by atoms with Crippen LogP contribution in [0.1, 0.15) is 25.0 Å². The maximum absolute atomic E-state index is 10.5. The van der Waals surface area contributed by atoms with Crippen LogP contribution in [0.15, 0.2) is 30.3 Å². The van der Waals surface area contributed by atoms with Gasteiger partial charge in [0, 0.05) is 13.3 Å². The molecule has 2 unspecified atom stereocenters. The second-order valence-corrected chi connectivity index (χ2v) is 3.55. The minimum absolute atomic E-state index is 0.112. The highest BCUT2D eigenvalue weighted by Crippen LogP contribution is 2.18. The molecule has 88 valence electrons. The van der Waals surface area contributed by atoms with Gasteiger partial charge in [0.05, 0.1) is 12.7 Å². The molecule has 0 aliphatic rings. The number of aliphatic hydroxyl groups is 2. The highest BCUT2D eigenvalue weighted by atomic mass is 16.5. The lowest BCUT2D eigenvalue weighted by Gasteiger charge is -2.17. The number of esters is 1. The van der Waals surface area contributed by atoms with Crippen LogP contribution >= 0.6 is 0 Å². The Morgan fingerprint density at radius 3 is 2.50 bits per heavy atom. The molecule has 0 fully saturated rings. The lowest BCUT2D eigenvalue weighted by atomic mass is 10.0. The Bertz CT molecular complexity index is 323. The second-order valence-electron chi connectivity index (χ2n) is 3.55. The molecule has 0 aromatic heterocycles. The third-order valence-corrected chi connectivity index (χ3v) is 2.22. The van der Waals surface area contributed by atoms with Gasteiger partial charge in [-0.1, -0.05) is 30.3 Å². The van der Waals surface area contributed by atoms with Crippen molar-refractivity contribution in [2.75, 3.05) is 6.61 Å². The van der Waals surface area contributed by atoms with Crippen LogP contribution in [0.25, 0.3) is 0 Å². The van der Waals surface area contributed by atoms with Gasteiger partial charge < -0.3 is 14.9 Å². The Balaban J connectivity index is 2.42. The van der Waals surface area contributed by atoms with E-state index in [9.17, 15) is 15.0 Å². The molecule has 1 rings (SSSR count). The summed E-state index contributed by atoms with van der Waals surface area (Å²) in [4.78, 5) is 10.5. The summed E-state index contributed by atoms with van der Waals surface area (Å²) in [6, 6.07) is 8.88. The molecule has 4 nitrogen and oxygen atoms in total. The molecule has 0 heterocycles. The molecular weight excluding hydrogens is 208 g/mol. The van der Waals surface area contributed by atoms with Gasteiger partial charge in [-0.3, -0.25) is 4.79 Å². The first-order valence-electron chi connectivity index (χ1n) is 5.15. The highest BCUT2D eigenvalue weighted by molar-refractivity contribution is 5.65.